The highest BCUT2D eigenvalue weighted by Gasteiger charge is 2.26. The van der Waals surface area contributed by atoms with Crippen molar-refractivity contribution < 1.29 is 9.53 Å². The fourth-order valence-corrected chi connectivity index (χ4v) is 3.85. The monoisotopic (exact) mass is 384 g/mol. The third kappa shape index (κ3) is 3.07. The molecule has 0 bridgehead atoms. The summed E-state index contributed by atoms with van der Waals surface area (Å²) in [6, 6.07) is 4.17. The molecule has 2 heterocycles. The summed E-state index contributed by atoms with van der Waals surface area (Å²) in [5.74, 6) is 0.181. The summed E-state index contributed by atoms with van der Waals surface area (Å²) >= 11 is 9.81. The van der Waals surface area contributed by atoms with Gasteiger partial charge in [0.05, 0.1) is 29.8 Å². The zero-order chi connectivity index (χ0) is 15.9. The summed E-state index contributed by atoms with van der Waals surface area (Å²) in [6.45, 7) is 4.18. The predicted octanol–water partition coefficient (Wildman–Crippen LogP) is 4.46. The Morgan fingerprint density at radius 3 is 2.91 bits per heavy atom. The van der Waals surface area contributed by atoms with Crippen LogP contribution in [0, 0.1) is 6.92 Å². The van der Waals surface area contributed by atoms with Gasteiger partial charge in [-0.3, -0.25) is 4.79 Å². The van der Waals surface area contributed by atoms with Gasteiger partial charge in [0.1, 0.15) is 5.78 Å². The van der Waals surface area contributed by atoms with E-state index in [4.69, 9.17) is 16.3 Å². The Hall–Kier alpha value is -0.910. The number of rotatable bonds is 3. The quantitative estimate of drug-likeness (QED) is 0.783. The number of hydrogen-bond donors (Lipinski definition) is 0. The maximum Gasteiger partial charge on any atom is 0.178 e. The van der Waals surface area contributed by atoms with E-state index < -0.39 is 0 Å². The highest BCUT2D eigenvalue weighted by Crippen LogP contribution is 2.33. The molecule has 4 nitrogen and oxygen atoms in total. The lowest BCUT2D eigenvalue weighted by Crippen LogP contribution is -2.29. The maximum atomic E-state index is 11.2. The molecule has 3 rings (SSSR count). The minimum Gasteiger partial charge on any atom is -0.376 e. The predicted molar refractivity (Wildman–Crippen MR) is 90.5 cm³/mol. The number of carbonyl (C=O) groups excluding carboxylic acids is 1. The first kappa shape index (κ1) is 16.0. The van der Waals surface area contributed by atoms with Crippen LogP contribution in [0.3, 0.4) is 0 Å². The second kappa shape index (κ2) is 6.30. The summed E-state index contributed by atoms with van der Waals surface area (Å²) in [4.78, 5) is 15.8. The van der Waals surface area contributed by atoms with Crippen LogP contribution in [0.4, 0.5) is 0 Å². The maximum absolute atomic E-state index is 11.2. The van der Waals surface area contributed by atoms with Gasteiger partial charge in [0.25, 0.3) is 0 Å². The van der Waals surface area contributed by atoms with Gasteiger partial charge in [0, 0.05) is 11.4 Å². The van der Waals surface area contributed by atoms with E-state index in [1.807, 2.05) is 19.1 Å². The number of aryl methyl sites for hydroxylation is 1. The second-order valence-corrected chi connectivity index (χ2v) is 7.05. The molecule has 0 amide bonds. The number of hydrogen-bond acceptors (Lipinski definition) is 3. The lowest BCUT2D eigenvalue weighted by molar-refractivity contribution is -0.121. The number of benzene rings is 1. The van der Waals surface area contributed by atoms with E-state index in [1.165, 1.54) is 0 Å². The van der Waals surface area contributed by atoms with Crippen molar-refractivity contribution in [3.8, 4) is 0 Å². The Morgan fingerprint density at radius 1 is 1.50 bits per heavy atom. The Kier molecular flexibility index (Phi) is 4.57. The number of nitrogens with zero attached hydrogens (tertiary/aromatic N) is 2. The molecule has 1 aliphatic rings. The van der Waals surface area contributed by atoms with Gasteiger partial charge in [-0.05, 0) is 60.3 Å². The van der Waals surface area contributed by atoms with Gasteiger partial charge in [-0.25, -0.2) is 4.98 Å². The second-order valence-electron chi connectivity index (χ2n) is 5.93. The van der Waals surface area contributed by atoms with E-state index in [0.29, 0.717) is 13.0 Å². The van der Waals surface area contributed by atoms with Gasteiger partial charge >= 0.3 is 0 Å². The molecule has 0 spiro atoms. The first-order chi connectivity index (χ1) is 10.5. The van der Waals surface area contributed by atoms with Crippen LogP contribution in [-0.4, -0.2) is 28.0 Å². The SMILES string of the molecule is CC(=O)CC1CCC(n2c(Br)nc3cc(C)c(Cl)cc32)CO1. The number of carbonyl (C=O) groups is 1. The molecule has 0 aliphatic carbocycles. The number of halogens is 2. The Balaban J connectivity index is 1.87. The largest absolute Gasteiger partial charge is 0.376 e. The average Bonchev–Trinajstić information content (AvgIpc) is 2.75. The Bertz CT molecular complexity index is 720. The zero-order valence-corrected chi connectivity index (χ0v) is 14.9. The minimum atomic E-state index is 0.0492. The van der Waals surface area contributed by atoms with Gasteiger partial charge in [0.15, 0.2) is 4.73 Å². The van der Waals surface area contributed by atoms with Crippen LogP contribution in [0.2, 0.25) is 5.02 Å². The minimum absolute atomic E-state index is 0.0492. The summed E-state index contributed by atoms with van der Waals surface area (Å²) in [7, 11) is 0. The van der Waals surface area contributed by atoms with Crippen LogP contribution in [0.25, 0.3) is 11.0 Å². The molecule has 0 radical (unpaired) electrons. The Morgan fingerprint density at radius 2 is 2.27 bits per heavy atom. The van der Waals surface area contributed by atoms with Gasteiger partial charge in [0.2, 0.25) is 0 Å². The first-order valence-corrected chi connectivity index (χ1v) is 8.57. The summed E-state index contributed by atoms with van der Waals surface area (Å²) in [5, 5.41) is 0.743. The van der Waals surface area contributed by atoms with Gasteiger partial charge in [-0.1, -0.05) is 11.6 Å². The van der Waals surface area contributed by atoms with E-state index in [1.54, 1.807) is 6.92 Å². The highest BCUT2D eigenvalue weighted by molar-refractivity contribution is 9.10. The number of Topliss-reactive ketones (excluding diaryl/α,β-unsaturated/α-hetero) is 1. The van der Waals surface area contributed by atoms with Crippen LogP contribution in [0.15, 0.2) is 16.9 Å². The van der Waals surface area contributed by atoms with E-state index in [9.17, 15) is 4.79 Å². The molecular weight excluding hydrogens is 368 g/mol. The fraction of sp³-hybridized carbons (Fsp3) is 0.500. The molecule has 2 atom stereocenters. The van der Waals surface area contributed by atoms with Crippen molar-refractivity contribution in [2.24, 2.45) is 0 Å². The standard InChI is InChI=1S/C16H18BrClN2O2/c1-9-5-14-15(7-13(9)18)20(16(17)19-14)11-3-4-12(22-8-11)6-10(2)21/h5,7,11-12H,3-4,6,8H2,1-2H3. The van der Waals surface area contributed by atoms with Crippen LogP contribution >= 0.6 is 27.5 Å². The molecule has 22 heavy (non-hydrogen) atoms. The van der Waals surface area contributed by atoms with Crippen LogP contribution in [-0.2, 0) is 9.53 Å². The average molecular weight is 386 g/mol. The molecule has 1 aliphatic heterocycles. The number of ether oxygens (including phenoxy) is 1. The number of fused-ring (bicyclic) bond motifs is 1. The van der Waals surface area contributed by atoms with E-state index in [-0.39, 0.29) is 17.9 Å². The van der Waals surface area contributed by atoms with Gasteiger partial charge in [-0.15, -0.1) is 0 Å². The van der Waals surface area contributed by atoms with Crippen molar-refractivity contribution in [1.29, 1.82) is 0 Å². The normalized spacial score (nSPS) is 22.2. The third-order valence-electron chi connectivity index (χ3n) is 4.15. The van der Waals surface area contributed by atoms with Crippen LogP contribution in [0.5, 0.6) is 0 Å². The summed E-state index contributed by atoms with van der Waals surface area (Å²) in [6.07, 6.45) is 2.40. The smallest absolute Gasteiger partial charge is 0.178 e. The Labute approximate surface area is 142 Å². The molecule has 0 saturated carbocycles. The highest BCUT2D eigenvalue weighted by atomic mass is 79.9. The molecule has 6 heteroatoms. The van der Waals surface area contributed by atoms with Crippen molar-refractivity contribution >= 4 is 44.3 Å². The van der Waals surface area contributed by atoms with Gasteiger partial charge in [-0.2, -0.15) is 0 Å². The van der Waals surface area contributed by atoms with E-state index in [2.05, 4.69) is 25.5 Å². The molecule has 1 aromatic carbocycles. The van der Waals surface area contributed by atoms with Gasteiger partial charge < -0.3 is 9.30 Å². The summed E-state index contributed by atoms with van der Waals surface area (Å²) < 4.78 is 8.80. The van der Waals surface area contributed by atoms with Crippen molar-refractivity contribution in [3.63, 3.8) is 0 Å². The van der Waals surface area contributed by atoms with Crippen molar-refractivity contribution in [3.05, 3.63) is 27.5 Å². The van der Waals surface area contributed by atoms with Crippen molar-refractivity contribution in [2.45, 2.75) is 45.3 Å². The topological polar surface area (TPSA) is 44.1 Å². The number of aromatic nitrogens is 2. The molecule has 1 aromatic heterocycles. The molecule has 0 N–H and O–H groups in total. The molecule has 118 valence electrons. The van der Waals surface area contributed by atoms with E-state index in [0.717, 1.165) is 39.2 Å². The zero-order valence-electron chi connectivity index (χ0n) is 12.6. The number of ketones is 1. The molecule has 1 fully saturated rings. The van der Waals surface area contributed by atoms with E-state index >= 15 is 0 Å². The molecular formula is C16H18BrClN2O2. The molecule has 2 unspecified atom stereocenters. The lowest BCUT2D eigenvalue weighted by Gasteiger charge is -2.30. The van der Waals surface area contributed by atoms with Crippen LogP contribution in [0.1, 0.15) is 37.8 Å². The lowest BCUT2D eigenvalue weighted by atomic mass is 10.0. The molecule has 2 aromatic rings. The van der Waals surface area contributed by atoms with Crippen molar-refractivity contribution in [1.82, 2.24) is 9.55 Å². The van der Waals surface area contributed by atoms with Crippen LogP contribution < -0.4 is 0 Å². The fourth-order valence-electron chi connectivity index (χ4n) is 3.02. The third-order valence-corrected chi connectivity index (χ3v) is 5.12. The number of imidazole rings is 1. The molecule has 1 saturated heterocycles. The first-order valence-electron chi connectivity index (χ1n) is 7.40. The summed E-state index contributed by atoms with van der Waals surface area (Å²) in [5.41, 5.74) is 2.97. The van der Waals surface area contributed by atoms with Crippen molar-refractivity contribution in [2.75, 3.05) is 6.61 Å².